The van der Waals surface area contributed by atoms with E-state index in [4.69, 9.17) is 9.47 Å². The molecule has 2 aliphatic rings. The van der Waals surface area contributed by atoms with E-state index >= 15 is 0 Å². The number of hydrogen-bond acceptors (Lipinski definition) is 5. The summed E-state index contributed by atoms with van der Waals surface area (Å²) < 4.78 is 49.1. The van der Waals surface area contributed by atoms with Crippen LogP contribution < -0.4 is 10.2 Å². The van der Waals surface area contributed by atoms with Crippen LogP contribution in [0.15, 0.2) is 24.3 Å². The fourth-order valence-corrected chi connectivity index (χ4v) is 4.65. The minimum Gasteiger partial charge on any atom is -0.382 e. The van der Waals surface area contributed by atoms with Crippen molar-refractivity contribution >= 4 is 11.6 Å². The molecule has 0 bridgehead atoms. The van der Waals surface area contributed by atoms with Gasteiger partial charge in [0.05, 0.1) is 18.8 Å². The Morgan fingerprint density at radius 2 is 1.82 bits per heavy atom. The number of carbonyl (C=O) groups is 1. The molecular formula is C24H36F3N3O3. The molecule has 2 fully saturated rings. The van der Waals surface area contributed by atoms with E-state index < -0.39 is 11.7 Å². The van der Waals surface area contributed by atoms with E-state index in [2.05, 4.69) is 10.2 Å². The van der Waals surface area contributed by atoms with Crippen molar-refractivity contribution in [2.75, 3.05) is 64.6 Å². The molecule has 1 amide bonds. The minimum atomic E-state index is -4.31. The van der Waals surface area contributed by atoms with Gasteiger partial charge in [0.2, 0.25) is 5.91 Å². The number of nitrogens with one attached hydrogen (secondary N) is 1. The van der Waals surface area contributed by atoms with Gasteiger partial charge in [-0.3, -0.25) is 9.69 Å². The summed E-state index contributed by atoms with van der Waals surface area (Å²) in [5.74, 6) is 0.603. The minimum absolute atomic E-state index is 0.0619. The van der Waals surface area contributed by atoms with Crippen molar-refractivity contribution in [1.82, 2.24) is 10.2 Å². The molecule has 1 aliphatic carbocycles. The molecule has 1 heterocycles. The van der Waals surface area contributed by atoms with Crippen LogP contribution in [0.25, 0.3) is 0 Å². The molecule has 1 N–H and O–H groups in total. The molecule has 1 saturated carbocycles. The number of ether oxygens (including phenoxy) is 2. The van der Waals surface area contributed by atoms with Crippen LogP contribution in [0.5, 0.6) is 0 Å². The number of carbonyl (C=O) groups excluding carboxylic acids is 1. The molecule has 0 spiro atoms. The quantitative estimate of drug-likeness (QED) is 0.529. The molecule has 0 aromatic heterocycles. The Balaban J connectivity index is 1.31. The van der Waals surface area contributed by atoms with Crippen molar-refractivity contribution in [2.24, 2.45) is 5.92 Å². The second kappa shape index (κ2) is 12.6. The van der Waals surface area contributed by atoms with Gasteiger partial charge in [0.15, 0.2) is 0 Å². The van der Waals surface area contributed by atoms with Crippen LogP contribution >= 0.6 is 0 Å². The standard InChI is InChI=1S/C24H36F3N3O3/c1-32-15-16-33-18-23(31)28-21-7-5-19(6-8-21)9-10-29-11-13-30(14-12-29)22-4-2-3-20(17-22)24(25,26)27/h2-4,17,19,21H,5-16,18H2,1H3,(H,28,31). The normalized spacial score (nSPS) is 22.4. The lowest BCUT2D eigenvalue weighted by atomic mass is 9.84. The van der Waals surface area contributed by atoms with Gasteiger partial charge < -0.3 is 19.7 Å². The fourth-order valence-electron chi connectivity index (χ4n) is 4.65. The Hall–Kier alpha value is -1.84. The first-order chi connectivity index (χ1) is 15.8. The van der Waals surface area contributed by atoms with Gasteiger partial charge in [0.25, 0.3) is 0 Å². The highest BCUT2D eigenvalue weighted by Gasteiger charge is 2.31. The summed E-state index contributed by atoms with van der Waals surface area (Å²) in [5.41, 5.74) is 0.0572. The van der Waals surface area contributed by atoms with Gasteiger partial charge in [-0.2, -0.15) is 13.2 Å². The average Bonchev–Trinajstić information content (AvgIpc) is 2.81. The van der Waals surface area contributed by atoms with Gasteiger partial charge in [-0.1, -0.05) is 6.07 Å². The van der Waals surface area contributed by atoms with Crippen LogP contribution in [0.1, 0.15) is 37.7 Å². The zero-order valence-corrected chi connectivity index (χ0v) is 19.4. The molecule has 1 aliphatic heterocycles. The van der Waals surface area contributed by atoms with Gasteiger partial charge in [-0.05, 0) is 62.8 Å². The van der Waals surface area contributed by atoms with Crippen molar-refractivity contribution in [1.29, 1.82) is 0 Å². The Labute approximate surface area is 194 Å². The predicted molar refractivity (Wildman–Crippen MR) is 121 cm³/mol. The molecule has 1 aromatic rings. The topological polar surface area (TPSA) is 54.0 Å². The van der Waals surface area contributed by atoms with Crippen molar-refractivity contribution in [3.8, 4) is 0 Å². The van der Waals surface area contributed by atoms with E-state index in [1.807, 2.05) is 4.90 Å². The SMILES string of the molecule is COCCOCC(=O)NC1CCC(CCN2CCN(c3cccc(C(F)(F)F)c3)CC2)CC1. The second-order valence-corrected chi connectivity index (χ2v) is 9.00. The lowest BCUT2D eigenvalue weighted by Gasteiger charge is -2.37. The first kappa shape index (κ1) is 25.8. The third-order valence-electron chi connectivity index (χ3n) is 6.64. The van der Waals surface area contributed by atoms with E-state index in [-0.39, 0.29) is 18.6 Å². The summed E-state index contributed by atoms with van der Waals surface area (Å²) in [7, 11) is 1.60. The Morgan fingerprint density at radius 1 is 1.09 bits per heavy atom. The smallest absolute Gasteiger partial charge is 0.382 e. The van der Waals surface area contributed by atoms with E-state index in [0.717, 1.165) is 70.9 Å². The molecule has 0 radical (unpaired) electrons. The molecule has 33 heavy (non-hydrogen) atoms. The zero-order chi connectivity index (χ0) is 23.7. The number of amides is 1. The summed E-state index contributed by atoms with van der Waals surface area (Å²) in [4.78, 5) is 16.4. The molecule has 186 valence electrons. The Morgan fingerprint density at radius 3 is 2.48 bits per heavy atom. The second-order valence-electron chi connectivity index (χ2n) is 9.00. The predicted octanol–water partition coefficient (Wildman–Crippen LogP) is 3.56. The number of halogens is 3. The summed E-state index contributed by atoms with van der Waals surface area (Å²) in [6.07, 6.45) is 1.04. The van der Waals surface area contributed by atoms with Crippen LogP contribution in [0.4, 0.5) is 18.9 Å². The number of benzene rings is 1. The number of alkyl halides is 3. The summed E-state index contributed by atoms with van der Waals surface area (Å²) >= 11 is 0. The number of rotatable bonds is 10. The maximum atomic E-state index is 13.0. The van der Waals surface area contributed by atoms with E-state index in [9.17, 15) is 18.0 Å². The van der Waals surface area contributed by atoms with Gasteiger partial charge in [0, 0.05) is 45.0 Å². The monoisotopic (exact) mass is 471 g/mol. The maximum Gasteiger partial charge on any atom is 0.416 e. The highest BCUT2D eigenvalue weighted by Crippen LogP contribution is 2.32. The number of nitrogens with zero attached hydrogens (tertiary/aromatic N) is 2. The molecule has 9 heteroatoms. The average molecular weight is 472 g/mol. The van der Waals surface area contributed by atoms with E-state index in [0.29, 0.717) is 24.8 Å². The number of anilines is 1. The van der Waals surface area contributed by atoms with Gasteiger partial charge in [-0.15, -0.1) is 0 Å². The third-order valence-corrected chi connectivity index (χ3v) is 6.64. The highest BCUT2D eigenvalue weighted by molar-refractivity contribution is 5.77. The third kappa shape index (κ3) is 8.46. The molecule has 0 unspecified atom stereocenters. The van der Waals surface area contributed by atoms with E-state index in [1.165, 1.54) is 12.1 Å². The molecule has 1 saturated heterocycles. The van der Waals surface area contributed by atoms with Crippen molar-refractivity contribution in [3.05, 3.63) is 29.8 Å². The highest BCUT2D eigenvalue weighted by atomic mass is 19.4. The van der Waals surface area contributed by atoms with Crippen LogP contribution in [-0.4, -0.2) is 76.5 Å². The van der Waals surface area contributed by atoms with Gasteiger partial charge >= 0.3 is 6.18 Å². The van der Waals surface area contributed by atoms with Gasteiger partial charge in [0.1, 0.15) is 6.61 Å². The number of methoxy groups -OCH3 is 1. The molecule has 0 atom stereocenters. The summed E-state index contributed by atoms with van der Waals surface area (Å²) in [6, 6.07) is 5.84. The first-order valence-corrected chi connectivity index (χ1v) is 11.9. The van der Waals surface area contributed by atoms with Crippen molar-refractivity contribution in [3.63, 3.8) is 0 Å². The summed E-state index contributed by atoms with van der Waals surface area (Å²) in [5, 5.41) is 3.06. The largest absolute Gasteiger partial charge is 0.416 e. The fraction of sp³-hybridized carbons (Fsp3) is 0.708. The molecule has 3 rings (SSSR count). The van der Waals surface area contributed by atoms with E-state index in [1.54, 1.807) is 13.2 Å². The van der Waals surface area contributed by atoms with Gasteiger partial charge in [-0.25, -0.2) is 0 Å². The lowest BCUT2D eigenvalue weighted by molar-refractivity contribution is -0.137. The lowest BCUT2D eigenvalue weighted by Crippen LogP contribution is -2.47. The maximum absolute atomic E-state index is 13.0. The zero-order valence-electron chi connectivity index (χ0n) is 19.4. The summed E-state index contributed by atoms with van der Waals surface area (Å²) in [6.45, 7) is 5.22. The molecule has 1 aromatic carbocycles. The Kier molecular flexibility index (Phi) is 9.82. The number of piperazine rings is 1. The Bertz CT molecular complexity index is 731. The molecule has 6 nitrogen and oxygen atoms in total. The van der Waals surface area contributed by atoms with Crippen LogP contribution in [0.2, 0.25) is 0 Å². The number of hydrogen-bond donors (Lipinski definition) is 1. The van der Waals surface area contributed by atoms with Crippen molar-refractivity contribution in [2.45, 2.75) is 44.3 Å². The van der Waals surface area contributed by atoms with Crippen molar-refractivity contribution < 1.29 is 27.4 Å². The van der Waals surface area contributed by atoms with Crippen LogP contribution in [-0.2, 0) is 20.4 Å². The first-order valence-electron chi connectivity index (χ1n) is 11.9. The molecular weight excluding hydrogens is 435 g/mol. The van der Waals surface area contributed by atoms with Crippen LogP contribution in [0, 0.1) is 5.92 Å². The van der Waals surface area contributed by atoms with Crippen LogP contribution in [0.3, 0.4) is 0 Å².